The molecule has 2 atom stereocenters. The Bertz CT molecular complexity index is 742. The summed E-state index contributed by atoms with van der Waals surface area (Å²) in [5.74, 6) is 0.617. The number of aliphatic hydroxyl groups is 1. The quantitative estimate of drug-likeness (QED) is 0.715. The summed E-state index contributed by atoms with van der Waals surface area (Å²) in [6, 6.07) is 11.8. The number of methoxy groups -OCH3 is 1. The highest BCUT2D eigenvalue weighted by atomic mass is 16.5. The van der Waals surface area contributed by atoms with Gasteiger partial charge in [-0.2, -0.15) is 0 Å². The van der Waals surface area contributed by atoms with Gasteiger partial charge in [-0.05, 0) is 29.2 Å². The molecule has 4 nitrogen and oxygen atoms in total. The predicted molar refractivity (Wildman–Crippen MR) is 94.3 cm³/mol. The van der Waals surface area contributed by atoms with Crippen LogP contribution in [0.3, 0.4) is 0 Å². The van der Waals surface area contributed by atoms with Crippen molar-refractivity contribution in [3.05, 3.63) is 71.3 Å². The predicted octanol–water partition coefficient (Wildman–Crippen LogP) is 2.88. The first-order valence-electron chi connectivity index (χ1n) is 8.13. The number of phenolic OH excluding ortho intramolecular Hbond substituents is 1. The van der Waals surface area contributed by atoms with Gasteiger partial charge in [0.05, 0.1) is 19.3 Å². The molecule has 0 spiro atoms. The van der Waals surface area contributed by atoms with Gasteiger partial charge >= 0.3 is 0 Å². The van der Waals surface area contributed by atoms with Gasteiger partial charge in [-0.1, -0.05) is 36.4 Å². The zero-order valence-electron chi connectivity index (χ0n) is 13.8. The van der Waals surface area contributed by atoms with Crippen LogP contribution in [-0.2, 0) is 19.4 Å². The molecule has 0 radical (unpaired) electrons. The molecule has 1 aliphatic carbocycles. The maximum absolute atomic E-state index is 10.3. The van der Waals surface area contributed by atoms with E-state index in [1.165, 1.54) is 5.56 Å². The van der Waals surface area contributed by atoms with Crippen LogP contribution in [0, 0.1) is 0 Å². The average molecular weight is 325 g/mol. The Morgan fingerprint density at radius 1 is 1.33 bits per heavy atom. The Morgan fingerprint density at radius 2 is 2.12 bits per heavy atom. The molecule has 0 saturated carbocycles. The molecule has 2 aromatic rings. The Labute approximate surface area is 142 Å². The average Bonchev–Trinajstić information content (AvgIpc) is 2.91. The number of aromatic hydroxyl groups is 1. The summed E-state index contributed by atoms with van der Waals surface area (Å²) >= 11 is 0. The van der Waals surface area contributed by atoms with Gasteiger partial charge in [0, 0.05) is 18.5 Å². The molecule has 126 valence electrons. The maximum Gasteiger partial charge on any atom is 0.161 e. The smallest absolute Gasteiger partial charge is 0.161 e. The lowest BCUT2D eigenvalue weighted by molar-refractivity contribution is 0.140. The number of rotatable bonds is 6. The Kier molecular flexibility index (Phi) is 4.88. The number of benzene rings is 2. The number of hydrogen-bond acceptors (Lipinski definition) is 4. The molecular formula is C20H23NO3. The van der Waals surface area contributed by atoms with E-state index in [4.69, 9.17) is 4.74 Å². The molecule has 0 amide bonds. The van der Waals surface area contributed by atoms with Gasteiger partial charge in [-0.3, -0.25) is 0 Å². The zero-order valence-corrected chi connectivity index (χ0v) is 13.8. The summed E-state index contributed by atoms with van der Waals surface area (Å²) in [5.41, 5.74) is 4.13. The summed E-state index contributed by atoms with van der Waals surface area (Å²) in [4.78, 5) is 0. The molecule has 0 saturated heterocycles. The van der Waals surface area contributed by atoms with Crippen LogP contribution in [0.5, 0.6) is 11.5 Å². The van der Waals surface area contributed by atoms with Crippen molar-refractivity contribution in [2.45, 2.75) is 31.5 Å². The highest BCUT2D eigenvalue weighted by Crippen LogP contribution is 2.34. The fraction of sp³-hybridized carbons (Fsp3) is 0.300. The summed E-state index contributed by atoms with van der Waals surface area (Å²) in [6.07, 6.45) is 2.58. The lowest BCUT2D eigenvalue weighted by Gasteiger charge is -2.19. The number of allylic oxidation sites excluding steroid dienone is 1. The highest BCUT2D eigenvalue weighted by Gasteiger charge is 2.30. The van der Waals surface area contributed by atoms with E-state index in [1.807, 2.05) is 24.3 Å². The van der Waals surface area contributed by atoms with E-state index in [-0.39, 0.29) is 11.8 Å². The molecule has 0 aliphatic heterocycles. The van der Waals surface area contributed by atoms with E-state index in [9.17, 15) is 10.2 Å². The van der Waals surface area contributed by atoms with Crippen molar-refractivity contribution in [2.24, 2.45) is 0 Å². The molecule has 0 unspecified atom stereocenters. The Balaban J connectivity index is 1.79. The van der Waals surface area contributed by atoms with Crippen molar-refractivity contribution in [1.29, 1.82) is 0 Å². The van der Waals surface area contributed by atoms with Gasteiger partial charge in [0.1, 0.15) is 0 Å². The van der Waals surface area contributed by atoms with E-state index in [1.54, 1.807) is 13.2 Å². The third kappa shape index (κ3) is 3.16. The lowest BCUT2D eigenvalue weighted by Crippen LogP contribution is -2.28. The first kappa shape index (κ1) is 16.6. The van der Waals surface area contributed by atoms with Gasteiger partial charge < -0.3 is 20.3 Å². The van der Waals surface area contributed by atoms with E-state index in [0.29, 0.717) is 25.1 Å². The van der Waals surface area contributed by atoms with Gasteiger partial charge in [0.25, 0.3) is 0 Å². The highest BCUT2D eigenvalue weighted by molar-refractivity contribution is 5.49. The minimum Gasteiger partial charge on any atom is -0.504 e. The molecule has 0 heterocycles. The molecule has 0 bridgehead atoms. The van der Waals surface area contributed by atoms with E-state index < -0.39 is 6.10 Å². The van der Waals surface area contributed by atoms with Crippen molar-refractivity contribution in [1.82, 2.24) is 5.32 Å². The van der Waals surface area contributed by atoms with Crippen molar-refractivity contribution in [3.8, 4) is 11.5 Å². The van der Waals surface area contributed by atoms with Crippen LogP contribution in [-0.4, -0.2) is 23.4 Å². The summed E-state index contributed by atoms with van der Waals surface area (Å²) in [5, 5.41) is 23.9. The molecule has 1 aliphatic rings. The van der Waals surface area contributed by atoms with Crippen LogP contribution in [0.4, 0.5) is 0 Å². The van der Waals surface area contributed by atoms with Gasteiger partial charge in [0.2, 0.25) is 0 Å². The summed E-state index contributed by atoms with van der Waals surface area (Å²) in [6.45, 7) is 4.31. The minimum absolute atomic E-state index is 0.0798. The number of hydrogen-bond donors (Lipinski definition) is 3. The zero-order chi connectivity index (χ0) is 17.1. The summed E-state index contributed by atoms with van der Waals surface area (Å²) in [7, 11) is 1.54. The van der Waals surface area contributed by atoms with E-state index >= 15 is 0 Å². The summed E-state index contributed by atoms with van der Waals surface area (Å²) < 4.78 is 5.26. The molecule has 3 rings (SSSR count). The second kappa shape index (κ2) is 7.07. The van der Waals surface area contributed by atoms with Crippen LogP contribution in [0.25, 0.3) is 0 Å². The topological polar surface area (TPSA) is 61.7 Å². The normalized spacial score (nSPS) is 19.1. The van der Waals surface area contributed by atoms with Crippen molar-refractivity contribution in [3.63, 3.8) is 0 Å². The van der Waals surface area contributed by atoms with E-state index in [2.05, 4.69) is 24.0 Å². The fourth-order valence-electron chi connectivity index (χ4n) is 3.35. The van der Waals surface area contributed by atoms with Crippen molar-refractivity contribution in [2.75, 3.05) is 7.11 Å². The maximum atomic E-state index is 10.3. The number of fused-ring (bicyclic) bond motifs is 1. The SMILES string of the molecule is C=CCc1cc(CN[C@@H]2c3ccccc3C[C@@H]2O)cc(OC)c1O. The van der Waals surface area contributed by atoms with Gasteiger partial charge in [-0.15, -0.1) is 6.58 Å². The van der Waals surface area contributed by atoms with Crippen LogP contribution in [0.2, 0.25) is 0 Å². The fourth-order valence-corrected chi connectivity index (χ4v) is 3.35. The Hall–Kier alpha value is -2.30. The molecule has 4 heteroatoms. The lowest BCUT2D eigenvalue weighted by atomic mass is 10.0. The first-order valence-corrected chi connectivity index (χ1v) is 8.13. The second-order valence-corrected chi connectivity index (χ2v) is 6.13. The molecule has 24 heavy (non-hydrogen) atoms. The molecule has 0 fully saturated rings. The molecule has 2 aromatic carbocycles. The van der Waals surface area contributed by atoms with Gasteiger partial charge in [-0.25, -0.2) is 0 Å². The van der Waals surface area contributed by atoms with E-state index in [0.717, 1.165) is 16.7 Å². The number of nitrogens with one attached hydrogen (secondary N) is 1. The van der Waals surface area contributed by atoms with Crippen LogP contribution >= 0.6 is 0 Å². The number of aliphatic hydroxyl groups excluding tert-OH is 1. The monoisotopic (exact) mass is 325 g/mol. The number of phenols is 1. The van der Waals surface area contributed by atoms with Crippen molar-refractivity contribution < 1.29 is 14.9 Å². The Morgan fingerprint density at radius 3 is 2.88 bits per heavy atom. The van der Waals surface area contributed by atoms with Crippen LogP contribution < -0.4 is 10.1 Å². The third-order valence-electron chi connectivity index (χ3n) is 4.53. The second-order valence-electron chi connectivity index (χ2n) is 6.13. The molecular weight excluding hydrogens is 302 g/mol. The molecule has 0 aromatic heterocycles. The molecule has 3 N–H and O–H groups in total. The van der Waals surface area contributed by atoms with Crippen LogP contribution in [0.1, 0.15) is 28.3 Å². The van der Waals surface area contributed by atoms with Crippen LogP contribution in [0.15, 0.2) is 49.1 Å². The standard InChI is InChI=1S/C20H23NO3/c1-3-6-15-9-13(10-18(24-2)20(15)23)12-21-19-16-8-5-4-7-14(16)11-17(19)22/h3-5,7-10,17,19,21-23H,1,6,11-12H2,2H3/t17-,19+/m0/s1. The van der Waals surface area contributed by atoms with Crippen molar-refractivity contribution >= 4 is 0 Å². The first-order chi connectivity index (χ1) is 11.6. The largest absolute Gasteiger partial charge is 0.504 e. The van der Waals surface area contributed by atoms with Gasteiger partial charge in [0.15, 0.2) is 11.5 Å². The third-order valence-corrected chi connectivity index (χ3v) is 4.53. The number of ether oxygens (including phenoxy) is 1. The minimum atomic E-state index is -0.422.